The fourth-order valence-electron chi connectivity index (χ4n) is 3.90. The molecule has 0 aliphatic carbocycles. The number of amides is 2. The van der Waals surface area contributed by atoms with Crippen LogP contribution < -0.4 is 27.1 Å². The van der Waals surface area contributed by atoms with Gasteiger partial charge in [-0.05, 0) is 24.3 Å². The largest absolute Gasteiger partial charge is 0.478 e. The summed E-state index contributed by atoms with van der Waals surface area (Å²) in [6.45, 7) is 5.28. The number of fused-ring (bicyclic) bond motifs is 1. The lowest BCUT2D eigenvalue weighted by Crippen LogP contribution is -2.71. The van der Waals surface area contributed by atoms with Gasteiger partial charge in [-0.25, -0.2) is 19.1 Å². The molecule has 0 spiro atoms. The van der Waals surface area contributed by atoms with E-state index in [0.717, 1.165) is 16.2 Å². The van der Waals surface area contributed by atoms with Gasteiger partial charge < -0.3 is 37.6 Å². The standard InChI is InChI=1S/C23H25N9O7S3/c1-3-4-31-13(25)5-12(24)28-23(31)42-7-10-6-40-19-15(18(34)32(19)16(10)21(37)38)29-17(33)14(11-8-41-22(26)27-11)30-39-9(2)20(35)36/h3,5,8-9,15,19H,1,4,6-7H2,2H3,(H8,24,25,26,27,29,33,35,36,37,38)/p+1/b30-14-/t9?,15?,19-/m1/s1. The molecule has 9 N–H and O–H groups in total. The fraction of sp³-hybridized carbons (Fsp3) is 0.304. The lowest BCUT2D eigenvalue weighted by molar-refractivity contribution is -0.713. The summed E-state index contributed by atoms with van der Waals surface area (Å²) >= 11 is 3.49. The predicted octanol–water partition coefficient (Wildman–Crippen LogP) is -0.517. The number of nitrogens with zero attached hydrogens (tertiary/aromatic N) is 5. The zero-order valence-corrected chi connectivity index (χ0v) is 24.4. The monoisotopic (exact) mass is 636 g/mol. The number of rotatable bonds is 12. The molecule has 42 heavy (non-hydrogen) atoms. The molecule has 2 amide bonds. The summed E-state index contributed by atoms with van der Waals surface area (Å²) in [6.07, 6.45) is 0.260. The number of hydrogen-bond acceptors (Lipinski definition) is 14. The van der Waals surface area contributed by atoms with E-state index in [2.05, 4.69) is 27.0 Å². The fourth-order valence-corrected chi connectivity index (χ4v) is 6.97. The lowest BCUT2D eigenvalue weighted by Gasteiger charge is -2.49. The van der Waals surface area contributed by atoms with Crippen LogP contribution >= 0.6 is 34.9 Å². The molecule has 19 heteroatoms. The van der Waals surface area contributed by atoms with E-state index >= 15 is 0 Å². The van der Waals surface area contributed by atoms with Crippen molar-refractivity contribution in [2.75, 3.05) is 28.7 Å². The Morgan fingerprint density at radius 3 is 2.71 bits per heavy atom. The highest BCUT2D eigenvalue weighted by molar-refractivity contribution is 8.01. The number of carboxylic acid groups (broad SMARTS) is 2. The Morgan fingerprint density at radius 2 is 2.10 bits per heavy atom. The van der Waals surface area contributed by atoms with Crippen LogP contribution in [-0.2, 0) is 30.6 Å². The maximum atomic E-state index is 13.2. The van der Waals surface area contributed by atoms with Crippen molar-refractivity contribution in [1.82, 2.24) is 20.2 Å². The summed E-state index contributed by atoms with van der Waals surface area (Å²) in [5.41, 5.74) is 17.5. The molecule has 2 aliphatic heterocycles. The number of hydrogen-bond donors (Lipinski definition) is 6. The summed E-state index contributed by atoms with van der Waals surface area (Å²) in [6, 6.07) is 0.413. The van der Waals surface area contributed by atoms with E-state index in [1.807, 2.05) is 0 Å². The lowest BCUT2D eigenvalue weighted by atomic mass is 10.0. The van der Waals surface area contributed by atoms with Gasteiger partial charge in [0.05, 0.1) is 12.6 Å². The first-order valence-electron chi connectivity index (χ1n) is 12.0. The third-order valence-corrected chi connectivity index (χ3v) is 8.99. The Bertz CT molecular complexity index is 1530. The van der Waals surface area contributed by atoms with E-state index in [1.54, 1.807) is 10.6 Å². The number of β-lactam (4-membered cyclic amide) rings is 1. The van der Waals surface area contributed by atoms with Crippen molar-refractivity contribution in [3.05, 3.63) is 41.1 Å². The predicted molar refractivity (Wildman–Crippen MR) is 155 cm³/mol. The van der Waals surface area contributed by atoms with Crippen LogP contribution in [0, 0.1) is 0 Å². The molecule has 4 heterocycles. The van der Waals surface area contributed by atoms with Gasteiger partial charge in [-0.15, -0.1) is 23.1 Å². The quantitative estimate of drug-likeness (QED) is 0.0326. The number of aliphatic carboxylic acids is 2. The van der Waals surface area contributed by atoms with Crippen molar-refractivity contribution in [2.24, 2.45) is 5.16 Å². The maximum absolute atomic E-state index is 13.2. The van der Waals surface area contributed by atoms with Gasteiger partial charge >= 0.3 is 17.1 Å². The number of allylic oxidation sites excluding steroid dienone is 1. The number of carbonyl (C=O) groups excluding carboxylic acids is 2. The normalized spacial score (nSPS) is 19.0. The minimum atomic E-state index is -1.37. The molecule has 2 unspecified atom stereocenters. The average molecular weight is 637 g/mol. The van der Waals surface area contributed by atoms with Gasteiger partial charge in [0, 0.05) is 16.9 Å². The third kappa shape index (κ3) is 6.26. The number of thiazole rings is 1. The van der Waals surface area contributed by atoms with Crippen LogP contribution in [0.15, 0.2) is 45.7 Å². The number of nitrogens with two attached hydrogens (primary N) is 3. The molecule has 0 saturated carbocycles. The molecule has 4 rings (SSSR count). The van der Waals surface area contributed by atoms with E-state index in [-0.39, 0.29) is 33.8 Å². The highest BCUT2D eigenvalue weighted by atomic mass is 32.2. The molecule has 16 nitrogen and oxygen atoms in total. The van der Waals surface area contributed by atoms with E-state index < -0.39 is 47.0 Å². The summed E-state index contributed by atoms with van der Waals surface area (Å²) in [5.74, 6) is -3.16. The van der Waals surface area contributed by atoms with Crippen LogP contribution in [0.25, 0.3) is 0 Å². The Kier molecular flexibility index (Phi) is 9.22. The Labute approximate surface area is 250 Å². The van der Waals surface area contributed by atoms with Crippen LogP contribution in [0.4, 0.5) is 16.8 Å². The number of aromatic nitrogens is 3. The van der Waals surface area contributed by atoms with Crippen molar-refractivity contribution in [3.8, 4) is 0 Å². The Morgan fingerprint density at radius 1 is 1.36 bits per heavy atom. The average Bonchev–Trinajstić information content (AvgIpc) is 3.36. The molecule has 0 aromatic carbocycles. The number of nitrogen functional groups attached to an aromatic ring is 3. The first-order valence-corrected chi connectivity index (χ1v) is 14.9. The molecular formula is C23H26N9O7S3+. The van der Waals surface area contributed by atoms with Crippen LogP contribution in [0.2, 0.25) is 0 Å². The van der Waals surface area contributed by atoms with Crippen LogP contribution in [0.5, 0.6) is 0 Å². The molecule has 2 aromatic heterocycles. The third-order valence-electron chi connectivity index (χ3n) is 5.92. The van der Waals surface area contributed by atoms with Gasteiger partial charge in [0.25, 0.3) is 11.8 Å². The molecule has 2 aliphatic rings. The van der Waals surface area contributed by atoms with Gasteiger partial charge in [0.2, 0.25) is 17.7 Å². The van der Waals surface area contributed by atoms with E-state index in [4.69, 9.17) is 27.1 Å². The topological polar surface area (TPSA) is 253 Å². The first-order chi connectivity index (χ1) is 19.9. The number of thioether (sulfide) groups is 2. The molecule has 1 saturated heterocycles. The SMILES string of the molecule is C=CC[n+]1c(N)cc(N)nc1SCC1=C(C(=O)O)N2C(=O)C(NC(=O)/C(=N\OC(C)C(=O)O)c3csc(N)n3)[C@H]2SC1. The second-order valence-electron chi connectivity index (χ2n) is 8.79. The van der Waals surface area contributed by atoms with Gasteiger partial charge in [-0.3, -0.25) is 14.5 Å². The second kappa shape index (κ2) is 12.7. The number of carboxylic acids is 2. The summed E-state index contributed by atoms with van der Waals surface area (Å²) in [7, 11) is 0. The molecular weight excluding hydrogens is 611 g/mol. The zero-order chi connectivity index (χ0) is 30.7. The highest BCUT2D eigenvalue weighted by Gasteiger charge is 2.54. The van der Waals surface area contributed by atoms with Crippen molar-refractivity contribution in [2.45, 2.75) is 36.1 Å². The van der Waals surface area contributed by atoms with Crippen molar-refractivity contribution < 1.29 is 38.8 Å². The zero-order valence-electron chi connectivity index (χ0n) is 21.9. The van der Waals surface area contributed by atoms with E-state index in [1.165, 1.54) is 41.9 Å². The minimum Gasteiger partial charge on any atom is -0.478 e. The second-order valence-corrected chi connectivity index (χ2v) is 11.7. The van der Waals surface area contributed by atoms with Crippen LogP contribution in [0.3, 0.4) is 0 Å². The molecule has 0 bridgehead atoms. The smallest absolute Gasteiger partial charge is 0.352 e. The number of nitrogens with one attached hydrogen (secondary N) is 1. The van der Waals surface area contributed by atoms with E-state index in [9.17, 15) is 24.3 Å². The maximum Gasteiger partial charge on any atom is 0.352 e. The van der Waals surface area contributed by atoms with Crippen LogP contribution in [-0.4, -0.2) is 83.6 Å². The first kappa shape index (κ1) is 30.6. The highest BCUT2D eigenvalue weighted by Crippen LogP contribution is 2.41. The minimum absolute atomic E-state index is 0.0161. The van der Waals surface area contributed by atoms with Gasteiger partial charge in [-0.1, -0.05) is 22.8 Å². The Balaban J connectivity index is 1.53. The van der Waals surface area contributed by atoms with Crippen LogP contribution in [0.1, 0.15) is 12.6 Å². The van der Waals surface area contributed by atoms with Gasteiger partial charge in [0.1, 0.15) is 22.8 Å². The molecule has 1 fully saturated rings. The number of anilines is 3. The van der Waals surface area contributed by atoms with Crippen molar-refractivity contribution >= 4 is 81.1 Å². The molecule has 222 valence electrons. The summed E-state index contributed by atoms with van der Waals surface area (Å²) < 4.78 is 1.67. The van der Waals surface area contributed by atoms with Crippen molar-refractivity contribution in [3.63, 3.8) is 0 Å². The Hall–Kier alpha value is -4.36. The van der Waals surface area contributed by atoms with Gasteiger partial charge in [-0.2, -0.15) is 0 Å². The van der Waals surface area contributed by atoms with Crippen molar-refractivity contribution in [1.29, 1.82) is 0 Å². The molecule has 2 aromatic rings. The summed E-state index contributed by atoms with van der Waals surface area (Å²) in [5, 5.41) is 26.5. The number of carbonyl (C=O) groups is 4. The molecule has 0 radical (unpaired) electrons. The van der Waals surface area contributed by atoms with E-state index in [0.29, 0.717) is 23.1 Å². The number of oxime groups is 1. The van der Waals surface area contributed by atoms with Gasteiger partial charge in [0.15, 0.2) is 10.8 Å². The summed E-state index contributed by atoms with van der Waals surface area (Å²) in [4.78, 5) is 64.0. The molecule has 3 atom stereocenters.